The maximum atomic E-state index is 11.6. The average Bonchev–Trinajstić information content (AvgIpc) is 2.98. The summed E-state index contributed by atoms with van der Waals surface area (Å²) in [6, 6.07) is 0. The van der Waals surface area contributed by atoms with Crippen molar-refractivity contribution in [1.29, 1.82) is 0 Å². The molecule has 0 aliphatic heterocycles. The van der Waals surface area contributed by atoms with Crippen molar-refractivity contribution in [1.82, 2.24) is 9.55 Å². The van der Waals surface area contributed by atoms with Crippen LogP contribution in [0.2, 0.25) is 0 Å². The van der Waals surface area contributed by atoms with Gasteiger partial charge < -0.3 is 9.30 Å². The van der Waals surface area contributed by atoms with E-state index in [0.29, 0.717) is 18.2 Å². The van der Waals surface area contributed by atoms with Crippen LogP contribution in [0, 0.1) is 6.92 Å². The zero-order valence-corrected chi connectivity index (χ0v) is 9.41. The van der Waals surface area contributed by atoms with Crippen molar-refractivity contribution in [2.45, 2.75) is 32.6 Å². The summed E-state index contributed by atoms with van der Waals surface area (Å²) >= 11 is 0. The van der Waals surface area contributed by atoms with E-state index in [4.69, 9.17) is 4.74 Å². The molecule has 0 radical (unpaired) electrons. The Bertz CT molecular complexity index is 392. The van der Waals surface area contributed by atoms with Gasteiger partial charge in [-0.05, 0) is 26.7 Å². The third-order valence-electron chi connectivity index (χ3n) is 2.83. The highest BCUT2D eigenvalue weighted by Gasteiger charge is 2.30. The van der Waals surface area contributed by atoms with Crippen molar-refractivity contribution in [3.05, 3.63) is 17.2 Å². The monoisotopic (exact) mass is 208 g/mol. The Hall–Kier alpha value is -1.32. The number of ether oxygens (including phenoxy) is 1. The minimum atomic E-state index is -0.308. The molecule has 15 heavy (non-hydrogen) atoms. The summed E-state index contributed by atoms with van der Waals surface area (Å²) in [6.45, 7) is 4.11. The van der Waals surface area contributed by atoms with E-state index in [1.54, 1.807) is 6.92 Å². The summed E-state index contributed by atoms with van der Waals surface area (Å²) < 4.78 is 6.97. The van der Waals surface area contributed by atoms with Crippen LogP contribution in [0.25, 0.3) is 0 Å². The zero-order chi connectivity index (χ0) is 11.0. The normalized spacial score (nSPS) is 15.4. The summed E-state index contributed by atoms with van der Waals surface area (Å²) in [5, 5.41) is 0. The first-order chi connectivity index (χ1) is 7.15. The van der Waals surface area contributed by atoms with E-state index in [1.165, 1.54) is 12.8 Å². The number of hydrogen-bond acceptors (Lipinski definition) is 3. The highest BCUT2D eigenvalue weighted by molar-refractivity contribution is 5.88. The van der Waals surface area contributed by atoms with E-state index in [9.17, 15) is 4.79 Å². The quantitative estimate of drug-likeness (QED) is 0.711. The number of nitrogens with zero attached hydrogens (tertiary/aromatic N) is 2. The molecule has 0 bridgehead atoms. The molecule has 1 fully saturated rings. The number of hydrogen-bond donors (Lipinski definition) is 0. The van der Waals surface area contributed by atoms with Crippen LogP contribution in [0.5, 0.6) is 0 Å². The van der Waals surface area contributed by atoms with Gasteiger partial charge in [0.1, 0.15) is 5.82 Å². The lowest BCUT2D eigenvalue weighted by atomic mass is 10.3. The molecule has 0 aromatic carbocycles. The molecule has 1 aromatic heterocycles. The summed E-state index contributed by atoms with van der Waals surface area (Å²) in [4.78, 5) is 16.0. The van der Waals surface area contributed by atoms with Gasteiger partial charge in [-0.15, -0.1) is 0 Å². The Labute approximate surface area is 89.3 Å². The van der Waals surface area contributed by atoms with E-state index in [2.05, 4.69) is 4.98 Å². The molecule has 0 amide bonds. The van der Waals surface area contributed by atoms with E-state index in [-0.39, 0.29) is 5.97 Å². The van der Waals surface area contributed by atoms with Crippen molar-refractivity contribution in [3.63, 3.8) is 0 Å². The number of imidazole rings is 1. The fourth-order valence-electron chi connectivity index (χ4n) is 1.70. The van der Waals surface area contributed by atoms with Crippen LogP contribution in [-0.2, 0) is 11.8 Å². The van der Waals surface area contributed by atoms with E-state index < -0.39 is 0 Å². The van der Waals surface area contributed by atoms with Crippen LogP contribution in [0.4, 0.5) is 0 Å². The molecule has 0 atom stereocenters. The highest BCUT2D eigenvalue weighted by Crippen LogP contribution is 2.39. The summed E-state index contributed by atoms with van der Waals surface area (Å²) in [7, 11) is 1.96. The number of carbonyl (C=O) groups is 1. The molecule has 1 aliphatic carbocycles. The van der Waals surface area contributed by atoms with Gasteiger partial charge in [0, 0.05) is 18.7 Å². The van der Waals surface area contributed by atoms with Crippen molar-refractivity contribution < 1.29 is 9.53 Å². The van der Waals surface area contributed by atoms with Gasteiger partial charge in [-0.1, -0.05) is 0 Å². The van der Waals surface area contributed by atoms with Crippen molar-refractivity contribution >= 4 is 5.97 Å². The molecule has 1 heterocycles. The lowest BCUT2D eigenvalue weighted by Gasteiger charge is -2.00. The highest BCUT2D eigenvalue weighted by atomic mass is 16.5. The lowest BCUT2D eigenvalue weighted by Crippen LogP contribution is -2.07. The minimum Gasteiger partial charge on any atom is -0.461 e. The van der Waals surface area contributed by atoms with Crippen LogP contribution < -0.4 is 0 Å². The van der Waals surface area contributed by atoms with E-state index in [1.807, 2.05) is 18.5 Å². The second kappa shape index (κ2) is 3.68. The molecule has 1 aromatic rings. The van der Waals surface area contributed by atoms with Crippen LogP contribution in [-0.4, -0.2) is 22.1 Å². The molecule has 0 unspecified atom stereocenters. The number of rotatable bonds is 3. The summed E-state index contributed by atoms with van der Waals surface area (Å²) in [5.74, 6) is 1.27. The van der Waals surface area contributed by atoms with Crippen molar-refractivity contribution in [2.75, 3.05) is 6.61 Å². The Morgan fingerprint density at radius 2 is 2.27 bits per heavy atom. The first-order valence-corrected chi connectivity index (χ1v) is 5.35. The molecule has 82 valence electrons. The van der Waals surface area contributed by atoms with E-state index >= 15 is 0 Å². The Morgan fingerprint density at radius 3 is 2.80 bits per heavy atom. The van der Waals surface area contributed by atoms with Gasteiger partial charge in [0.15, 0.2) is 5.69 Å². The second-order valence-electron chi connectivity index (χ2n) is 3.96. The Morgan fingerprint density at radius 1 is 1.60 bits per heavy atom. The Balaban J connectivity index is 2.31. The molecular formula is C11H16N2O2. The largest absolute Gasteiger partial charge is 0.461 e. The molecular weight excluding hydrogens is 192 g/mol. The topological polar surface area (TPSA) is 44.1 Å². The SMILES string of the molecule is CCOC(=O)c1nc(C2CC2)n(C)c1C. The van der Waals surface area contributed by atoms with Crippen molar-refractivity contribution in [3.8, 4) is 0 Å². The van der Waals surface area contributed by atoms with Gasteiger partial charge in [0.25, 0.3) is 0 Å². The second-order valence-corrected chi connectivity index (χ2v) is 3.96. The molecule has 1 aliphatic rings. The van der Waals surface area contributed by atoms with Gasteiger partial charge in [-0.25, -0.2) is 9.78 Å². The van der Waals surface area contributed by atoms with Crippen LogP contribution in [0.1, 0.15) is 47.7 Å². The van der Waals surface area contributed by atoms with Gasteiger partial charge in [-0.2, -0.15) is 0 Å². The average molecular weight is 208 g/mol. The van der Waals surface area contributed by atoms with Crippen LogP contribution in [0.3, 0.4) is 0 Å². The number of esters is 1. The molecule has 2 rings (SSSR count). The fourth-order valence-corrected chi connectivity index (χ4v) is 1.70. The zero-order valence-electron chi connectivity index (χ0n) is 9.41. The van der Waals surface area contributed by atoms with Crippen LogP contribution in [0.15, 0.2) is 0 Å². The smallest absolute Gasteiger partial charge is 0.358 e. The maximum absolute atomic E-state index is 11.6. The fraction of sp³-hybridized carbons (Fsp3) is 0.636. The minimum absolute atomic E-state index is 0.308. The summed E-state index contributed by atoms with van der Waals surface area (Å²) in [6.07, 6.45) is 2.37. The van der Waals surface area contributed by atoms with Crippen LogP contribution >= 0.6 is 0 Å². The first kappa shape index (κ1) is 10.2. The summed E-state index contributed by atoms with van der Waals surface area (Å²) in [5.41, 5.74) is 1.37. The molecule has 0 spiro atoms. The molecule has 0 N–H and O–H groups in total. The van der Waals surface area contributed by atoms with Gasteiger partial charge in [0.05, 0.1) is 6.61 Å². The van der Waals surface area contributed by atoms with Gasteiger partial charge in [0.2, 0.25) is 0 Å². The molecule has 0 saturated heterocycles. The number of carbonyl (C=O) groups excluding carboxylic acids is 1. The van der Waals surface area contributed by atoms with Gasteiger partial charge >= 0.3 is 5.97 Å². The van der Waals surface area contributed by atoms with Crippen molar-refractivity contribution in [2.24, 2.45) is 7.05 Å². The molecule has 4 heteroatoms. The number of aromatic nitrogens is 2. The Kier molecular flexibility index (Phi) is 2.50. The predicted octanol–water partition coefficient (Wildman–Crippen LogP) is 1.78. The maximum Gasteiger partial charge on any atom is 0.358 e. The molecule has 4 nitrogen and oxygen atoms in total. The predicted molar refractivity (Wildman–Crippen MR) is 55.9 cm³/mol. The first-order valence-electron chi connectivity index (χ1n) is 5.35. The van der Waals surface area contributed by atoms with E-state index in [0.717, 1.165) is 11.5 Å². The lowest BCUT2D eigenvalue weighted by molar-refractivity contribution is 0.0519. The molecule has 1 saturated carbocycles. The van der Waals surface area contributed by atoms with Gasteiger partial charge in [-0.3, -0.25) is 0 Å². The standard InChI is InChI=1S/C11H16N2O2/c1-4-15-11(14)9-7(2)13(3)10(12-9)8-5-6-8/h8H,4-6H2,1-3H3. The third-order valence-corrected chi connectivity index (χ3v) is 2.83. The third kappa shape index (κ3) is 1.76.